The highest BCUT2D eigenvalue weighted by molar-refractivity contribution is 5.95. The minimum Gasteiger partial charge on any atom is -0.382 e. The normalized spacial score (nSPS) is 25.2. The lowest BCUT2D eigenvalue weighted by molar-refractivity contribution is -0.127. The fraction of sp³-hybridized carbons (Fsp3) is 0.448. The van der Waals surface area contributed by atoms with Crippen LogP contribution < -0.4 is 15.5 Å². The number of likely N-dealkylation sites (tertiary alicyclic amines) is 1. The first kappa shape index (κ1) is 22.9. The third kappa shape index (κ3) is 4.53. The molecule has 2 aromatic carbocycles. The number of aromatic nitrogens is 1. The number of pyridine rings is 1. The molecule has 2 atom stereocenters. The molecule has 4 heterocycles. The van der Waals surface area contributed by atoms with E-state index in [1.807, 2.05) is 24.3 Å². The molecule has 6 rings (SSSR count). The summed E-state index contributed by atoms with van der Waals surface area (Å²) in [7, 11) is 0. The van der Waals surface area contributed by atoms with Gasteiger partial charge in [0, 0.05) is 74.3 Å². The van der Waals surface area contributed by atoms with Crippen molar-refractivity contribution in [3.8, 4) is 6.07 Å². The molecule has 3 N–H and O–H groups in total. The van der Waals surface area contributed by atoms with Crippen molar-refractivity contribution in [2.75, 3.05) is 55.6 Å². The van der Waals surface area contributed by atoms with Crippen LogP contribution in [0.3, 0.4) is 0 Å². The number of morpholine rings is 1. The molecule has 37 heavy (non-hydrogen) atoms. The summed E-state index contributed by atoms with van der Waals surface area (Å²) in [6, 6.07) is 17.7. The van der Waals surface area contributed by atoms with Gasteiger partial charge in [0.2, 0.25) is 0 Å². The lowest BCUT2D eigenvalue weighted by Gasteiger charge is -2.50. The third-order valence-corrected chi connectivity index (χ3v) is 7.79. The lowest BCUT2D eigenvalue weighted by Crippen LogP contribution is -2.65. The van der Waals surface area contributed by atoms with E-state index in [0.29, 0.717) is 30.7 Å². The number of aliphatic hydroxyl groups is 1. The Bertz CT molecular complexity index is 1390. The summed E-state index contributed by atoms with van der Waals surface area (Å²) in [6.07, 6.45) is 0.169. The second-order valence-corrected chi connectivity index (χ2v) is 11.3. The maximum atomic E-state index is 11.3. The monoisotopic (exact) mass is 499 g/mol. The Labute approximate surface area is 219 Å². The molecular formula is C29H34N6O2. The number of fused-ring (bicyclic) bond motifs is 1. The van der Waals surface area contributed by atoms with Crippen LogP contribution in [-0.2, 0) is 10.3 Å². The van der Waals surface area contributed by atoms with E-state index in [2.05, 4.69) is 51.7 Å². The first-order valence-corrected chi connectivity index (χ1v) is 12.9. The van der Waals surface area contributed by atoms with E-state index in [4.69, 9.17) is 11.8 Å². The van der Waals surface area contributed by atoms with Crippen molar-refractivity contribution in [1.29, 1.82) is 5.26 Å². The van der Waals surface area contributed by atoms with E-state index in [9.17, 15) is 10.4 Å². The van der Waals surface area contributed by atoms with Crippen LogP contribution in [0.4, 0.5) is 11.4 Å². The average molecular weight is 500 g/mol. The van der Waals surface area contributed by atoms with Crippen molar-refractivity contribution < 1.29 is 11.2 Å². The zero-order valence-electron chi connectivity index (χ0n) is 22.4. The quantitative estimate of drug-likeness (QED) is 0.552. The predicted molar refractivity (Wildman–Crippen MR) is 145 cm³/mol. The number of hydrogen-bond donors (Lipinski definition) is 2. The Morgan fingerprint density at radius 3 is 2.59 bits per heavy atom. The minimum absolute atomic E-state index is 0.0169. The Morgan fingerprint density at radius 2 is 1.89 bits per heavy atom. The molecule has 8 nitrogen and oxygen atoms in total. The first-order chi connectivity index (χ1) is 18.1. The standard InChI is InChI=1S/C29H34N6O2/c1-20-13-34(26-10-5-21(12-30)27-25(26)4-3-11-32-27)15-24(37-20)14-33-18-29(36,19-33)22-6-8-23(9-7-22)35-16-28(2,31)17-35/h3-11,20,24,36H,13-19,31H2,1-2H3/t20-,24+/m1/s1/i11D. The van der Waals surface area contributed by atoms with Gasteiger partial charge in [-0.3, -0.25) is 9.88 Å². The Hall–Kier alpha value is -3.22. The van der Waals surface area contributed by atoms with E-state index in [-0.39, 0.29) is 23.9 Å². The smallest absolute Gasteiger partial charge is 0.115 e. The predicted octanol–water partition coefficient (Wildman–Crippen LogP) is 2.44. The number of nitrogens with zero attached hydrogens (tertiary/aromatic N) is 5. The minimum atomic E-state index is -0.848. The summed E-state index contributed by atoms with van der Waals surface area (Å²) in [6.45, 7) is 9.14. The van der Waals surface area contributed by atoms with Gasteiger partial charge in [0.25, 0.3) is 0 Å². The van der Waals surface area contributed by atoms with Crippen LogP contribution in [0.15, 0.2) is 54.7 Å². The number of nitrogens with two attached hydrogens (primary N) is 1. The van der Waals surface area contributed by atoms with Gasteiger partial charge >= 0.3 is 0 Å². The van der Waals surface area contributed by atoms with Crippen molar-refractivity contribution in [1.82, 2.24) is 9.88 Å². The molecule has 0 unspecified atom stereocenters. The molecular weight excluding hydrogens is 464 g/mol. The highest BCUT2D eigenvalue weighted by Gasteiger charge is 2.44. The number of ether oxygens (including phenoxy) is 1. The number of anilines is 2. The fourth-order valence-corrected chi connectivity index (χ4v) is 6.10. The van der Waals surface area contributed by atoms with Crippen molar-refractivity contribution >= 4 is 22.3 Å². The zero-order valence-corrected chi connectivity index (χ0v) is 21.4. The van der Waals surface area contributed by atoms with Crippen molar-refractivity contribution in [3.05, 3.63) is 65.8 Å². The summed E-state index contributed by atoms with van der Waals surface area (Å²) in [5.74, 6) is 0. The fourth-order valence-electron chi connectivity index (χ4n) is 6.10. The summed E-state index contributed by atoms with van der Waals surface area (Å²) in [4.78, 5) is 11.1. The summed E-state index contributed by atoms with van der Waals surface area (Å²) in [5.41, 5.74) is 9.31. The van der Waals surface area contributed by atoms with Crippen LogP contribution in [0.2, 0.25) is 0 Å². The van der Waals surface area contributed by atoms with Crippen LogP contribution in [0, 0.1) is 11.3 Å². The van der Waals surface area contributed by atoms with E-state index < -0.39 is 5.60 Å². The van der Waals surface area contributed by atoms with Gasteiger partial charge in [-0.05, 0) is 55.8 Å². The molecule has 3 aliphatic heterocycles. The van der Waals surface area contributed by atoms with Gasteiger partial charge < -0.3 is 25.4 Å². The van der Waals surface area contributed by atoms with Gasteiger partial charge in [-0.25, -0.2) is 0 Å². The van der Waals surface area contributed by atoms with Crippen LogP contribution in [0.25, 0.3) is 10.9 Å². The Balaban J connectivity index is 1.11. The molecule has 3 saturated heterocycles. The molecule has 0 amide bonds. The van der Waals surface area contributed by atoms with E-state index >= 15 is 0 Å². The number of rotatable bonds is 5. The van der Waals surface area contributed by atoms with Crippen LogP contribution in [-0.4, -0.2) is 78.6 Å². The largest absolute Gasteiger partial charge is 0.382 e. The Morgan fingerprint density at radius 1 is 1.14 bits per heavy atom. The first-order valence-electron chi connectivity index (χ1n) is 13.4. The molecule has 1 aromatic heterocycles. The second-order valence-electron chi connectivity index (χ2n) is 11.3. The maximum Gasteiger partial charge on any atom is 0.115 e. The van der Waals surface area contributed by atoms with Crippen LogP contribution in [0.5, 0.6) is 0 Å². The molecule has 8 heteroatoms. The molecule has 3 aliphatic rings. The van der Waals surface area contributed by atoms with E-state index in [1.165, 1.54) is 0 Å². The van der Waals surface area contributed by atoms with E-state index in [1.54, 1.807) is 12.1 Å². The topological polar surface area (TPSA) is 102 Å². The molecule has 192 valence electrons. The van der Waals surface area contributed by atoms with Gasteiger partial charge in [-0.1, -0.05) is 12.1 Å². The SMILES string of the molecule is [2H]c1ccc2c(N3C[C@H](CN4CC(O)(c5ccc(N6CC(C)(N)C6)cc5)C4)O[C@H](C)C3)ccc(C#N)c2n1. The number of β-amino-alcohol motifs (C(OH)–C–C–N with tert-alkyl or cyclic N) is 1. The van der Waals surface area contributed by atoms with Crippen molar-refractivity contribution in [3.63, 3.8) is 0 Å². The summed E-state index contributed by atoms with van der Waals surface area (Å²) >= 11 is 0. The molecule has 0 spiro atoms. The van der Waals surface area contributed by atoms with Crippen molar-refractivity contribution in [2.45, 2.75) is 37.2 Å². The van der Waals surface area contributed by atoms with Gasteiger partial charge in [-0.15, -0.1) is 0 Å². The molecule has 3 aromatic rings. The van der Waals surface area contributed by atoms with Gasteiger partial charge in [0.1, 0.15) is 11.7 Å². The molecule has 0 aliphatic carbocycles. The lowest BCUT2D eigenvalue weighted by atomic mass is 9.85. The second kappa shape index (κ2) is 8.96. The summed E-state index contributed by atoms with van der Waals surface area (Å²) in [5, 5.41) is 21.7. The molecule has 0 bridgehead atoms. The van der Waals surface area contributed by atoms with Crippen LogP contribution >= 0.6 is 0 Å². The molecule has 0 saturated carbocycles. The number of benzene rings is 2. The molecule has 0 radical (unpaired) electrons. The molecule has 3 fully saturated rings. The van der Waals surface area contributed by atoms with Crippen molar-refractivity contribution in [2.24, 2.45) is 5.73 Å². The number of hydrogen-bond acceptors (Lipinski definition) is 8. The van der Waals surface area contributed by atoms with E-state index in [0.717, 1.165) is 48.5 Å². The highest BCUT2D eigenvalue weighted by atomic mass is 16.5. The average Bonchev–Trinajstić information content (AvgIpc) is 2.85. The highest BCUT2D eigenvalue weighted by Crippen LogP contribution is 2.35. The van der Waals surface area contributed by atoms with Gasteiger partial charge in [-0.2, -0.15) is 5.26 Å². The maximum absolute atomic E-state index is 11.3. The van der Waals surface area contributed by atoms with Crippen LogP contribution in [0.1, 0.15) is 26.3 Å². The third-order valence-electron chi connectivity index (χ3n) is 7.79. The summed E-state index contributed by atoms with van der Waals surface area (Å²) < 4.78 is 14.2. The number of nitriles is 1. The van der Waals surface area contributed by atoms with Gasteiger partial charge in [0.05, 0.1) is 24.7 Å². The van der Waals surface area contributed by atoms with Gasteiger partial charge in [0.15, 0.2) is 0 Å². The zero-order chi connectivity index (χ0) is 26.7. The Kier molecular flexibility index (Phi) is 5.56.